The number of hydrogen-bond donors (Lipinski definition) is 0. The molecule has 0 saturated heterocycles. The number of esters is 1. The Labute approximate surface area is 95.0 Å². The number of carbonyl (C=O) groups excluding carboxylic acids is 1. The van der Waals surface area contributed by atoms with Gasteiger partial charge in [0.25, 0.3) is 0 Å². The molecule has 90 valence electrons. The lowest BCUT2D eigenvalue weighted by Gasteiger charge is -2.17. The second-order valence-electron chi connectivity index (χ2n) is 4.15. The van der Waals surface area contributed by atoms with Crippen molar-refractivity contribution in [3.63, 3.8) is 0 Å². The van der Waals surface area contributed by atoms with Crippen LogP contribution in [0.5, 0.6) is 0 Å². The van der Waals surface area contributed by atoms with E-state index in [1.165, 1.54) is 0 Å². The molecule has 0 N–H and O–H groups in total. The molecule has 15 heavy (non-hydrogen) atoms. The Bertz CT molecular complexity index is 226. The average Bonchev–Trinajstić information content (AvgIpc) is 2.16. The number of hydrogen-bond acceptors (Lipinski definition) is 3. The van der Waals surface area contributed by atoms with Gasteiger partial charge in [0.15, 0.2) is 0 Å². The topological polar surface area (TPSA) is 43.4 Å². The van der Waals surface area contributed by atoms with E-state index >= 15 is 0 Å². The summed E-state index contributed by atoms with van der Waals surface area (Å²) in [6.07, 6.45) is 0. The molecule has 0 spiro atoms. The van der Waals surface area contributed by atoms with Gasteiger partial charge in [-0.15, -0.1) is 0 Å². The van der Waals surface area contributed by atoms with Gasteiger partial charge in [-0.25, -0.2) is 0 Å². The van der Waals surface area contributed by atoms with E-state index in [1.54, 1.807) is 13.8 Å². The lowest BCUT2D eigenvalue weighted by atomic mass is 10.2. The molecule has 0 heterocycles. The highest BCUT2D eigenvalue weighted by Crippen LogP contribution is 2.12. The van der Waals surface area contributed by atoms with Crippen LogP contribution in [-0.2, 0) is 20.3 Å². The van der Waals surface area contributed by atoms with Crippen molar-refractivity contribution in [2.24, 2.45) is 11.8 Å². The molecule has 0 saturated carbocycles. The van der Waals surface area contributed by atoms with E-state index in [0.29, 0.717) is 18.3 Å². The molecular weight excluding hydrogens is 212 g/mol. The van der Waals surface area contributed by atoms with Crippen LogP contribution in [-0.4, -0.2) is 27.8 Å². The smallest absolute Gasteiger partial charge is 0.309 e. The van der Waals surface area contributed by atoms with Crippen LogP contribution in [0.1, 0.15) is 34.6 Å². The first-order valence-electron chi connectivity index (χ1n) is 5.43. The van der Waals surface area contributed by atoms with Crippen molar-refractivity contribution in [2.45, 2.75) is 39.9 Å². The third kappa shape index (κ3) is 5.30. The van der Waals surface area contributed by atoms with Crippen molar-refractivity contribution in [3.8, 4) is 0 Å². The van der Waals surface area contributed by atoms with Crippen molar-refractivity contribution in [1.82, 2.24) is 0 Å². The highest BCUT2D eigenvalue weighted by atomic mass is 32.2. The Hall–Kier alpha value is -0.380. The summed E-state index contributed by atoms with van der Waals surface area (Å²) < 4.78 is 16.7. The first-order chi connectivity index (χ1) is 6.90. The van der Waals surface area contributed by atoms with Crippen molar-refractivity contribution in [3.05, 3.63) is 0 Å². The van der Waals surface area contributed by atoms with E-state index in [4.69, 9.17) is 4.74 Å². The zero-order valence-corrected chi connectivity index (χ0v) is 11.1. The molecule has 0 aliphatic carbocycles. The van der Waals surface area contributed by atoms with E-state index in [0.717, 1.165) is 0 Å². The maximum Gasteiger partial charge on any atom is 0.309 e. The minimum Gasteiger partial charge on any atom is -0.466 e. The molecule has 3 nitrogen and oxygen atoms in total. The van der Waals surface area contributed by atoms with Gasteiger partial charge in [0.2, 0.25) is 0 Å². The Morgan fingerprint density at radius 3 is 2.20 bits per heavy atom. The quantitative estimate of drug-likeness (QED) is 0.660. The van der Waals surface area contributed by atoms with Crippen LogP contribution in [0, 0.1) is 11.8 Å². The molecule has 4 heteroatoms. The Kier molecular flexibility index (Phi) is 6.81. The normalized spacial score (nSPS) is 17.2. The van der Waals surface area contributed by atoms with Crippen molar-refractivity contribution < 1.29 is 13.7 Å². The van der Waals surface area contributed by atoms with E-state index in [1.807, 2.05) is 20.8 Å². The summed E-state index contributed by atoms with van der Waals surface area (Å²) in [5, 5.41) is 0.127. The predicted octanol–water partition coefficient (Wildman–Crippen LogP) is 1.98. The van der Waals surface area contributed by atoms with Gasteiger partial charge in [-0.1, -0.05) is 27.7 Å². The van der Waals surface area contributed by atoms with E-state index < -0.39 is 10.8 Å². The highest BCUT2D eigenvalue weighted by Gasteiger charge is 2.22. The van der Waals surface area contributed by atoms with Crippen molar-refractivity contribution in [2.75, 3.05) is 12.4 Å². The van der Waals surface area contributed by atoms with Gasteiger partial charge in [-0.2, -0.15) is 0 Å². The van der Waals surface area contributed by atoms with Gasteiger partial charge in [-0.05, 0) is 12.8 Å². The second kappa shape index (κ2) is 6.99. The zero-order valence-electron chi connectivity index (χ0n) is 10.3. The van der Waals surface area contributed by atoms with Gasteiger partial charge < -0.3 is 4.74 Å². The fourth-order valence-corrected chi connectivity index (χ4v) is 2.59. The largest absolute Gasteiger partial charge is 0.466 e. The monoisotopic (exact) mass is 234 g/mol. The van der Waals surface area contributed by atoms with E-state index in [2.05, 4.69) is 0 Å². The molecule has 0 radical (unpaired) electrons. The van der Waals surface area contributed by atoms with Crippen molar-refractivity contribution >= 4 is 16.8 Å². The van der Waals surface area contributed by atoms with Gasteiger partial charge in [0.05, 0.1) is 12.5 Å². The summed E-state index contributed by atoms with van der Waals surface area (Å²) >= 11 is 0. The molecule has 0 aromatic carbocycles. The maximum atomic E-state index is 11.8. The second-order valence-corrected chi connectivity index (χ2v) is 5.99. The van der Waals surface area contributed by atoms with Gasteiger partial charge in [-0.3, -0.25) is 9.00 Å². The van der Waals surface area contributed by atoms with Gasteiger partial charge in [0, 0.05) is 21.8 Å². The van der Waals surface area contributed by atoms with Crippen LogP contribution in [0.2, 0.25) is 0 Å². The molecule has 0 aromatic heterocycles. The Morgan fingerprint density at radius 2 is 1.80 bits per heavy atom. The molecule has 0 bridgehead atoms. The molecule has 3 atom stereocenters. The Balaban J connectivity index is 4.12. The molecule has 0 aliphatic rings. The lowest BCUT2D eigenvalue weighted by Crippen LogP contribution is -2.27. The predicted molar refractivity (Wildman–Crippen MR) is 63.1 cm³/mol. The summed E-state index contributed by atoms with van der Waals surface area (Å²) in [5.74, 6) is 0.257. The average molecular weight is 234 g/mol. The number of rotatable bonds is 6. The molecule has 0 aromatic rings. The van der Waals surface area contributed by atoms with Crippen LogP contribution < -0.4 is 0 Å². The Morgan fingerprint density at radius 1 is 1.27 bits per heavy atom. The number of carbonyl (C=O) groups is 1. The first kappa shape index (κ1) is 14.6. The molecule has 0 fully saturated rings. The molecule has 0 aliphatic heterocycles. The van der Waals surface area contributed by atoms with Crippen LogP contribution in [0.3, 0.4) is 0 Å². The summed E-state index contributed by atoms with van der Waals surface area (Å²) in [6.45, 7) is 9.96. The third-order valence-electron chi connectivity index (χ3n) is 2.46. The maximum absolute atomic E-state index is 11.8. The SMILES string of the molecule is CCOC(=O)C(C)CS(=O)C(C)C(C)C. The highest BCUT2D eigenvalue weighted by molar-refractivity contribution is 7.85. The van der Waals surface area contributed by atoms with Crippen LogP contribution in [0.4, 0.5) is 0 Å². The summed E-state index contributed by atoms with van der Waals surface area (Å²) in [5.41, 5.74) is 0. The van der Waals surface area contributed by atoms with Crippen LogP contribution in [0.25, 0.3) is 0 Å². The summed E-state index contributed by atoms with van der Waals surface area (Å²) in [4.78, 5) is 11.3. The lowest BCUT2D eigenvalue weighted by molar-refractivity contribution is -0.146. The van der Waals surface area contributed by atoms with Gasteiger partial charge in [0.1, 0.15) is 0 Å². The first-order valence-corrected chi connectivity index (χ1v) is 6.82. The fourth-order valence-electron chi connectivity index (χ4n) is 1.05. The standard InChI is InChI=1S/C11H22O3S/c1-6-14-11(12)9(4)7-15(13)10(5)8(2)3/h8-10H,6-7H2,1-5H3. The minimum absolute atomic E-state index is 0.127. The van der Waals surface area contributed by atoms with Crippen LogP contribution >= 0.6 is 0 Å². The van der Waals surface area contributed by atoms with Gasteiger partial charge >= 0.3 is 5.97 Å². The molecule has 0 amide bonds. The van der Waals surface area contributed by atoms with E-state index in [9.17, 15) is 9.00 Å². The molecular formula is C11H22O3S. The van der Waals surface area contributed by atoms with Crippen LogP contribution in [0.15, 0.2) is 0 Å². The van der Waals surface area contributed by atoms with Crippen molar-refractivity contribution in [1.29, 1.82) is 0 Å². The molecule has 0 rings (SSSR count). The number of ether oxygens (including phenoxy) is 1. The van der Waals surface area contributed by atoms with E-state index in [-0.39, 0.29) is 17.1 Å². The summed E-state index contributed by atoms with van der Waals surface area (Å²) in [7, 11) is -0.950. The minimum atomic E-state index is -0.950. The fraction of sp³-hybridized carbons (Fsp3) is 0.909. The summed E-state index contributed by atoms with van der Waals surface area (Å²) in [6, 6.07) is 0. The third-order valence-corrected chi connectivity index (χ3v) is 4.66. The zero-order chi connectivity index (χ0) is 12.0. The molecule has 3 unspecified atom stereocenters.